The minimum atomic E-state index is 0.388. The fraction of sp³-hybridized carbons (Fsp3) is 0.438. The van der Waals surface area contributed by atoms with E-state index in [1.54, 1.807) is 11.3 Å². The number of aryl methyl sites for hydroxylation is 3. The Morgan fingerprint density at radius 3 is 2.47 bits per heavy atom. The topological polar surface area (TPSA) is 24.9 Å². The van der Waals surface area contributed by atoms with E-state index >= 15 is 0 Å². The zero-order chi connectivity index (χ0) is 13.8. The molecular formula is C16H22N2S. The molecule has 2 rings (SSSR count). The molecule has 1 aromatic heterocycles. The van der Waals surface area contributed by atoms with Crippen molar-refractivity contribution in [3.63, 3.8) is 0 Å². The number of rotatable bonds is 5. The lowest BCUT2D eigenvalue weighted by Crippen LogP contribution is -2.23. The normalized spacial score (nSPS) is 12.6. The second-order valence-corrected chi connectivity index (χ2v) is 5.94. The molecule has 0 spiro atoms. The molecular weight excluding hydrogens is 252 g/mol. The number of aromatic nitrogens is 1. The van der Waals surface area contributed by atoms with Crippen LogP contribution in [0.15, 0.2) is 23.0 Å². The van der Waals surface area contributed by atoms with Gasteiger partial charge in [-0.3, -0.25) is 0 Å². The van der Waals surface area contributed by atoms with E-state index in [-0.39, 0.29) is 0 Å². The highest BCUT2D eigenvalue weighted by atomic mass is 32.1. The average Bonchev–Trinajstić information content (AvgIpc) is 2.80. The summed E-state index contributed by atoms with van der Waals surface area (Å²) in [4.78, 5) is 4.31. The number of thiazole rings is 1. The Kier molecular flexibility index (Phi) is 4.72. The zero-order valence-electron chi connectivity index (χ0n) is 12.2. The fourth-order valence-corrected chi connectivity index (χ4v) is 3.35. The van der Waals surface area contributed by atoms with Crippen LogP contribution in [0.3, 0.4) is 0 Å². The highest BCUT2D eigenvalue weighted by Gasteiger charge is 2.11. The standard InChI is InChI=1S/C16H22N2S/c1-11-7-12(2)16(13(3)8-11)14(4)17-6-5-15-9-19-10-18-15/h7-10,14,17H,5-6H2,1-4H3. The highest BCUT2D eigenvalue weighted by Crippen LogP contribution is 2.23. The summed E-state index contributed by atoms with van der Waals surface area (Å²) < 4.78 is 0. The maximum absolute atomic E-state index is 4.31. The van der Waals surface area contributed by atoms with E-state index in [0.717, 1.165) is 13.0 Å². The number of hydrogen-bond acceptors (Lipinski definition) is 3. The number of hydrogen-bond donors (Lipinski definition) is 1. The van der Waals surface area contributed by atoms with Crippen molar-refractivity contribution in [3.05, 3.63) is 51.0 Å². The number of nitrogens with zero attached hydrogens (tertiary/aromatic N) is 1. The predicted octanol–water partition coefficient (Wildman–Crippen LogP) is 3.96. The Hall–Kier alpha value is -1.19. The molecule has 0 aliphatic rings. The molecule has 1 atom stereocenters. The molecule has 0 radical (unpaired) electrons. The molecule has 19 heavy (non-hydrogen) atoms. The molecule has 1 unspecified atom stereocenters. The van der Waals surface area contributed by atoms with E-state index in [1.807, 2.05) is 5.51 Å². The predicted molar refractivity (Wildman–Crippen MR) is 82.9 cm³/mol. The summed E-state index contributed by atoms with van der Waals surface area (Å²) in [5, 5.41) is 5.72. The molecule has 0 fully saturated rings. The molecule has 102 valence electrons. The minimum absolute atomic E-state index is 0.388. The SMILES string of the molecule is Cc1cc(C)c(C(C)NCCc2cscn2)c(C)c1. The molecule has 0 bridgehead atoms. The van der Waals surface area contributed by atoms with Gasteiger partial charge in [-0.25, -0.2) is 4.98 Å². The van der Waals surface area contributed by atoms with Crippen LogP contribution >= 0.6 is 11.3 Å². The highest BCUT2D eigenvalue weighted by molar-refractivity contribution is 7.07. The van der Waals surface area contributed by atoms with Gasteiger partial charge in [0, 0.05) is 24.4 Å². The van der Waals surface area contributed by atoms with E-state index in [4.69, 9.17) is 0 Å². The summed E-state index contributed by atoms with van der Waals surface area (Å²) in [6.45, 7) is 9.77. The van der Waals surface area contributed by atoms with Gasteiger partial charge < -0.3 is 5.32 Å². The fourth-order valence-electron chi connectivity index (χ4n) is 2.75. The van der Waals surface area contributed by atoms with Crippen LogP contribution in [0.4, 0.5) is 0 Å². The van der Waals surface area contributed by atoms with Crippen molar-refractivity contribution < 1.29 is 0 Å². The van der Waals surface area contributed by atoms with Gasteiger partial charge in [-0.1, -0.05) is 17.7 Å². The quantitative estimate of drug-likeness (QED) is 0.892. The molecule has 2 aromatic rings. The summed E-state index contributed by atoms with van der Waals surface area (Å²) in [5.41, 5.74) is 8.62. The molecule has 3 heteroatoms. The monoisotopic (exact) mass is 274 g/mol. The van der Waals surface area contributed by atoms with Crippen molar-refractivity contribution in [1.29, 1.82) is 0 Å². The Bertz CT molecular complexity index is 509. The van der Waals surface area contributed by atoms with Crippen LogP contribution in [0.2, 0.25) is 0 Å². The van der Waals surface area contributed by atoms with Gasteiger partial charge in [0.25, 0.3) is 0 Å². The molecule has 1 heterocycles. The third-order valence-electron chi connectivity index (χ3n) is 3.49. The van der Waals surface area contributed by atoms with Gasteiger partial charge >= 0.3 is 0 Å². The molecule has 0 saturated heterocycles. The second kappa shape index (κ2) is 6.31. The summed E-state index contributed by atoms with van der Waals surface area (Å²) >= 11 is 1.66. The Morgan fingerprint density at radius 1 is 1.21 bits per heavy atom. The lowest BCUT2D eigenvalue weighted by atomic mass is 9.95. The molecule has 0 aliphatic carbocycles. The van der Waals surface area contributed by atoms with Crippen molar-refractivity contribution in [1.82, 2.24) is 10.3 Å². The van der Waals surface area contributed by atoms with E-state index in [2.05, 4.69) is 55.5 Å². The summed E-state index contributed by atoms with van der Waals surface area (Å²) in [7, 11) is 0. The lowest BCUT2D eigenvalue weighted by Gasteiger charge is -2.19. The van der Waals surface area contributed by atoms with Crippen LogP contribution in [0.5, 0.6) is 0 Å². The maximum Gasteiger partial charge on any atom is 0.0794 e. The molecule has 0 saturated carbocycles. The summed E-state index contributed by atoms with van der Waals surface area (Å²) in [6, 6.07) is 4.92. The first-order valence-electron chi connectivity index (χ1n) is 6.76. The van der Waals surface area contributed by atoms with Crippen LogP contribution in [-0.4, -0.2) is 11.5 Å². The van der Waals surface area contributed by atoms with Crippen LogP contribution in [-0.2, 0) is 6.42 Å². The third kappa shape index (κ3) is 3.64. The largest absolute Gasteiger partial charge is 0.310 e. The second-order valence-electron chi connectivity index (χ2n) is 5.22. The smallest absolute Gasteiger partial charge is 0.0794 e. The number of nitrogens with one attached hydrogen (secondary N) is 1. The zero-order valence-corrected chi connectivity index (χ0v) is 13.0. The third-order valence-corrected chi connectivity index (χ3v) is 4.12. The Morgan fingerprint density at radius 2 is 1.89 bits per heavy atom. The summed E-state index contributed by atoms with van der Waals surface area (Å²) in [5.74, 6) is 0. The van der Waals surface area contributed by atoms with E-state index in [9.17, 15) is 0 Å². The first-order valence-corrected chi connectivity index (χ1v) is 7.70. The first kappa shape index (κ1) is 14.2. The average molecular weight is 274 g/mol. The molecule has 2 nitrogen and oxygen atoms in total. The van der Waals surface area contributed by atoms with Crippen LogP contribution in [0, 0.1) is 20.8 Å². The first-order chi connectivity index (χ1) is 9.08. The molecule has 1 N–H and O–H groups in total. The van der Waals surface area contributed by atoms with Gasteiger partial charge in [0.1, 0.15) is 0 Å². The van der Waals surface area contributed by atoms with Gasteiger partial charge in [0.2, 0.25) is 0 Å². The van der Waals surface area contributed by atoms with E-state index < -0.39 is 0 Å². The van der Waals surface area contributed by atoms with Gasteiger partial charge in [0.15, 0.2) is 0 Å². The van der Waals surface area contributed by atoms with Gasteiger partial charge in [-0.05, 0) is 44.4 Å². The lowest BCUT2D eigenvalue weighted by molar-refractivity contribution is 0.569. The van der Waals surface area contributed by atoms with Gasteiger partial charge in [-0.2, -0.15) is 0 Å². The van der Waals surface area contributed by atoms with Crippen LogP contribution in [0.1, 0.15) is 40.9 Å². The minimum Gasteiger partial charge on any atom is -0.310 e. The van der Waals surface area contributed by atoms with Crippen molar-refractivity contribution in [3.8, 4) is 0 Å². The summed E-state index contributed by atoms with van der Waals surface area (Å²) in [6.07, 6.45) is 0.998. The maximum atomic E-state index is 4.31. The van der Waals surface area contributed by atoms with Crippen LogP contribution in [0.25, 0.3) is 0 Å². The molecule has 1 aromatic carbocycles. The van der Waals surface area contributed by atoms with E-state index in [0.29, 0.717) is 6.04 Å². The van der Waals surface area contributed by atoms with Crippen molar-refractivity contribution in [2.75, 3.05) is 6.54 Å². The van der Waals surface area contributed by atoms with Crippen molar-refractivity contribution in [2.45, 2.75) is 40.2 Å². The van der Waals surface area contributed by atoms with Crippen molar-refractivity contribution >= 4 is 11.3 Å². The van der Waals surface area contributed by atoms with Crippen molar-refractivity contribution in [2.24, 2.45) is 0 Å². The molecule has 0 aliphatic heterocycles. The molecule has 0 amide bonds. The number of benzene rings is 1. The Balaban J connectivity index is 1.98. The van der Waals surface area contributed by atoms with E-state index in [1.165, 1.54) is 27.9 Å². The van der Waals surface area contributed by atoms with Crippen LogP contribution < -0.4 is 5.32 Å². The van der Waals surface area contributed by atoms with Gasteiger partial charge in [0.05, 0.1) is 11.2 Å². The Labute approximate surface area is 119 Å². The van der Waals surface area contributed by atoms with Gasteiger partial charge in [-0.15, -0.1) is 11.3 Å².